The van der Waals surface area contributed by atoms with Crippen molar-refractivity contribution < 1.29 is 9.21 Å². The molecule has 1 atom stereocenters. The number of furan rings is 1. The van der Waals surface area contributed by atoms with Gasteiger partial charge in [0.1, 0.15) is 5.76 Å². The highest BCUT2D eigenvalue weighted by Crippen LogP contribution is 2.10. The third kappa shape index (κ3) is 7.07. The van der Waals surface area contributed by atoms with Crippen molar-refractivity contribution >= 4 is 11.9 Å². The summed E-state index contributed by atoms with van der Waals surface area (Å²) in [5, 5.41) is 9.73. The van der Waals surface area contributed by atoms with Gasteiger partial charge in [0.15, 0.2) is 5.96 Å². The number of rotatable bonds is 8. The molecule has 7 heteroatoms. The van der Waals surface area contributed by atoms with E-state index in [2.05, 4.69) is 34.7 Å². The second kappa shape index (κ2) is 10.9. The minimum atomic E-state index is 0.0787. The molecule has 2 rings (SSSR count). The van der Waals surface area contributed by atoms with Gasteiger partial charge in [-0.2, -0.15) is 0 Å². The zero-order chi connectivity index (χ0) is 18.8. The van der Waals surface area contributed by atoms with Crippen molar-refractivity contribution in [3.8, 4) is 0 Å². The monoisotopic (exact) mass is 363 g/mol. The van der Waals surface area contributed by atoms with Crippen molar-refractivity contribution in [3.05, 3.63) is 24.2 Å². The van der Waals surface area contributed by atoms with Gasteiger partial charge in [-0.3, -0.25) is 14.7 Å². The van der Waals surface area contributed by atoms with Crippen LogP contribution in [0.4, 0.5) is 0 Å². The molecule has 1 amide bonds. The number of nitrogens with one attached hydrogen (secondary N) is 3. The largest absolute Gasteiger partial charge is 0.469 e. The minimum Gasteiger partial charge on any atom is -0.469 e. The molecular weight excluding hydrogens is 330 g/mol. The molecule has 1 saturated heterocycles. The number of likely N-dealkylation sites (N-methyl/N-ethyl adjacent to an activating group) is 1. The third-order valence-corrected chi connectivity index (χ3v) is 4.78. The summed E-state index contributed by atoms with van der Waals surface area (Å²) in [5.41, 5.74) is 0. The van der Waals surface area contributed by atoms with E-state index in [1.807, 2.05) is 12.1 Å². The first kappa shape index (κ1) is 20.3. The van der Waals surface area contributed by atoms with E-state index in [1.165, 1.54) is 0 Å². The number of nitrogens with zero attached hydrogens (tertiary/aromatic N) is 2. The lowest BCUT2D eigenvalue weighted by atomic mass is 10.1. The molecule has 146 valence electrons. The van der Waals surface area contributed by atoms with E-state index in [0.717, 1.165) is 50.5 Å². The number of amides is 1. The molecule has 1 aromatic rings. The molecule has 26 heavy (non-hydrogen) atoms. The third-order valence-electron chi connectivity index (χ3n) is 4.78. The van der Waals surface area contributed by atoms with E-state index < -0.39 is 0 Å². The lowest BCUT2D eigenvalue weighted by molar-refractivity contribution is -0.122. The summed E-state index contributed by atoms with van der Waals surface area (Å²) < 4.78 is 5.37. The Morgan fingerprint density at radius 3 is 2.81 bits per heavy atom. The summed E-state index contributed by atoms with van der Waals surface area (Å²) in [6.07, 6.45) is 5.56. The van der Waals surface area contributed by atoms with Crippen molar-refractivity contribution in [2.45, 2.75) is 51.6 Å². The highest BCUT2D eigenvalue weighted by Gasteiger charge is 2.21. The van der Waals surface area contributed by atoms with Crippen molar-refractivity contribution in [2.75, 3.05) is 33.2 Å². The van der Waals surface area contributed by atoms with Crippen LogP contribution in [0.25, 0.3) is 0 Å². The van der Waals surface area contributed by atoms with Crippen LogP contribution in [-0.2, 0) is 11.2 Å². The molecule has 7 nitrogen and oxygen atoms in total. The van der Waals surface area contributed by atoms with Gasteiger partial charge in [0.2, 0.25) is 5.91 Å². The van der Waals surface area contributed by atoms with Crippen molar-refractivity contribution in [2.24, 2.45) is 4.99 Å². The predicted molar refractivity (Wildman–Crippen MR) is 104 cm³/mol. The maximum absolute atomic E-state index is 11.5. The van der Waals surface area contributed by atoms with Gasteiger partial charge >= 0.3 is 0 Å². The summed E-state index contributed by atoms with van der Waals surface area (Å²) >= 11 is 0. The average Bonchev–Trinajstić information content (AvgIpc) is 3.16. The number of guanidine groups is 1. The fraction of sp³-hybridized carbons (Fsp3) is 0.684. The van der Waals surface area contributed by atoms with E-state index in [-0.39, 0.29) is 5.91 Å². The van der Waals surface area contributed by atoms with Crippen molar-refractivity contribution in [1.29, 1.82) is 0 Å². The molecule has 0 saturated carbocycles. The molecule has 0 spiro atoms. The van der Waals surface area contributed by atoms with Crippen LogP contribution in [0.5, 0.6) is 0 Å². The molecule has 0 aromatic carbocycles. The molecule has 1 aliphatic heterocycles. The number of carbonyl (C=O) groups is 1. The number of aliphatic imine (C=N–C) groups is 1. The number of likely N-dealkylation sites (tertiary alicyclic amines) is 1. The zero-order valence-electron chi connectivity index (χ0n) is 16.3. The van der Waals surface area contributed by atoms with Crippen LogP contribution >= 0.6 is 0 Å². The molecule has 0 bridgehead atoms. The molecule has 1 fully saturated rings. The topological polar surface area (TPSA) is 81.9 Å². The maximum atomic E-state index is 11.5. The first-order valence-corrected chi connectivity index (χ1v) is 9.63. The number of carbonyl (C=O) groups excluding carboxylic acids is 1. The standard InChI is InChI=1S/C19H33N5O2/c1-4-15(2)22-19(21-10-7-17-6-5-13-26-17)23-16-8-11-24(12-9-16)14-18(25)20-3/h5-6,13,15-16H,4,7-12,14H2,1-3H3,(H,20,25)(H2,21,22,23). The van der Waals surface area contributed by atoms with Crippen LogP contribution in [0.2, 0.25) is 0 Å². The Balaban J connectivity index is 1.83. The molecule has 0 aliphatic carbocycles. The second-order valence-electron chi connectivity index (χ2n) is 6.88. The van der Waals surface area contributed by atoms with E-state index in [4.69, 9.17) is 9.41 Å². The maximum Gasteiger partial charge on any atom is 0.233 e. The quantitative estimate of drug-likeness (QED) is 0.480. The Morgan fingerprint density at radius 2 is 2.19 bits per heavy atom. The van der Waals surface area contributed by atoms with Crippen LogP contribution in [0, 0.1) is 0 Å². The first-order valence-electron chi connectivity index (χ1n) is 9.63. The predicted octanol–water partition coefficient (Wildman–Crippen LogP) is 1.37. The number of piperidine rings is 1. The van der Waals surface area contributed by atoms with Crippen LogP contribution in [0.1, 0.15) is 38.9 Å². The molecule has 1 aliphatic rings. The Morgan fingerprint density at radius 1 is 1.42 bits per heavy atom. The summed E-state index contributed by atoms with van der Waals surface area (Å²) in [7, 11) is 1.68. The minimum absolute atomic E-state index is 0.0787. The average molecular weight is 364 g/mol. The Kier molecular flexibility index (Phi) is 8.47. The highest BCUT2D eigenvalue weighted by atomic mass is 16.3. The number of hydrogen-bond acceptors (Lipinski definition) is 4. The Labute approximate surface area is 156 Å². The van der Waals surface area contributed by atoms with E-state index in [1.54, 1.807) is 13.3 Å². The molecular formula is C19H33N5O2. The Bertz CT molecular complexity index is 550. The summed E-state index contributed by atoms with van der Waals surface area (Å²) in [6.45, 7) is 7.35. The van der Waals surface area contributed by atoms with E-state index in [0.29, 0.717) is 25.2 Å². The smallest absolute Gasteiger partial charge is 0.233 e. The summed E-state index contributed by atoms with van der Waals surface area (Å²) in [5.74, 6) is 1.91. The van der Waals surface area contributed by atoms with Gasteiger partial charge in [0, 0.05) is 45.2 Å². The fourth-order valence-electron chi connectivity index (χ4n) is 2.91. The summed E-state index contributed by atoms with van der Waals surface area (Å²) in [6, 6.07) is 4.64. The zero-order valence-corrected chi connectivity index (χ0v) is 16.3. The van der Waals surface area contributed by atoms with E-state index >= 15 is 0 Å². The highest BCUT2D eigenvalue weighted by molar-refractivity contribution is 5.80. The fourth-order valence-corrected chi connectivity index (χ4v) is 2.91. The van der Waals surface area contributed by atoms with Gasteiger partial charge < -0.3 is 20.4 Å². The molecule has 1 unspecified atom stereocenters. The van der Waals surface area contributed by atoms with Crippen LogP contribution in [0.3, 0.4) is 0 Å². The first-order chi connectivity index (χ1) is 12.6. The molecule has 2 heterocycles. The van der Waals surface area contributed by atoms with E-state index in [9.17, 15) is 4.79 Å². The normalized spacial score (nSPS) is 17.7. The van der Waals surface area contributed by atoms with Gasteiger partial charge in [-0.1, -0.05) is 6.92 Å². The van der Waals surface area contributed by atoms with Crippen molar-refractivity contribution in [1.82, 2.24) is 20.9 Å². The lowest BCUT2D eigenvalue weighted by Crippen LogP contribution is -2.51. The molecule has 3 N–H and O–H groups in total. The van der Waals surface area contributed by atoms with Crippen LogP contribution in [-0.4, -0.2) is 62.1 Å². The summed E-state index contributed by atoms with van der Waals surface area (Å²) in [4.78, 5) is 18.4. The molecule has 1 aromatic heterocycles. The van der Waals surface area contributed by atoms with Gasteiger partial charge in [0.05, 0.1) is 12.8 Å². The van der Waals surface area contributed by atoms with Gasteiger partial charge in [-0.25, -0.2) is 0 Å². The van der Waals surface area contributed by atoms with Crippen molar-refractivity contribution in [3.63, 3.8) is 0 Å². The van der Waals surface area contributed by atoms with Gasteiger partial charge in [-0.05, 0) is 38.3 Å². The molecule has 0 radical (unpaired) electrons. The van der Waals surface area contributed by atoms with Crippen LogP contribution < -0.4 is 16.0 Å². The second-order valence-corrected chi connectivity index (χ2v) is 6.88. The van der Waals surface area contributed by atoms with Gasteiger partial charge in [0.25, 0.3) is 0 Å². The van der Waals surface area contributed by atoms with Crippen LogP contribution in [0.15, 0.2) is 27.8 Å². The SMILES string of the molecule is CCC(C)NC(=NCCc1ccco1)NC1CCN(CC(=O)NC)CC1. The van der Waals surface area contributed by atoms with Gasteiger partial charge in [-0.15, -0.1) is 0 Å². The lowest BCUT2D eigenvalue weighted by Gasteiger charge is -2.33. The Hall–Kier alpha value is -2.02. The number of hydrogen-bond donors (Lipinski definition) is 3.